The van der Waals surface area contributed by atoms with Crippen molar-refractivity contribution >= 4 is 21.6 Å². The fourth-order valence-corrected chi connectivity index (χ4v) is 6.49. The van der Waals surface area contributed by atoms with Crippen LogP contribution in [0.3, 0.4) is 0 Å². The highest BCUT2D eigenvalue weighted by atomic mass is 32.2. The molecule has 0 aliphatic carbocycles. The molecule has 2 heterocycles. The van der Waals surface area contributed by atoms with Gasteiger partial charge in [0.1, 0.15) is 5.75 Å². The zero-order chi connectivity index (χ0) is 25.7. The topological polar surface area (TPSA) is 79.0 Å². The third-order valence-electron chi connectivity index (χ3n) is 6.90. The molecule has 8 heteroatoms. The number of benzene rings is 3. The molecule has 0 aromatic heterocycles. The Morgan fingerprint density at radius 2 is 1.51 bits per heavy atom. The number of hydrogen-bond acceptors (Lipinski definition) is 5. The molecule has 0 saturated carbocycles. The first-order valence-electron chi connectivity index (χ1n) is 12.9. The molecule has 2 aliphatic heterocycles. The smallest absolute Gasteiger partial charge is 0.263 e. The third kappa shape index (κ3) is 6.32. The molecule has 1 fully saturated rings. The minimum atomic E-state index is -3.73. The van der Waals surface area contributed by atoms with Crippen LogP contribution >= 0.6 is 0 Å². The number of piperidine rings is 1. The van der Waals surface area contributed by atoms with E-state index >= 15 is 0 Å². The molecule has 194 valence electrons. The second kappa shape index (κ2) is 11.4. The van der Waals surface area contributed by atoms with Gasteiger partial charge in [-0.3, -0.25) is 14.0 Å². The van der Waals surface area contributed by atoms with Gasteiger partial charge in [0.15, 0.2) is 6.10 Å². The molecular weight excluding hydrogens is 486 g/mol. The summed E-state index contributed by atoms with van der Waals surface area (Å²) >= 11 is 0. The molecule has 0 radical (unpaired) electrons. The SMILES string of the molecule is O=C(NCc1ccc(CN2CCCCC2)cc1)[C@H]1CN(S(=O)(=O)Cc2ccccc2)c2ccccc2O1. The van der Waals surface area contributed by atoms with Gasteiger partial charge < -0.3 is 10.1 Å². The van der Waals surface area contributed by atoms with Crippen molar-refractivity contribution in [3.63, 3.8) is 0 Å². The van der Waals surface area contributed by atoms with Crippen LogP contribution in [0.2, 0.25) is 0 Å². The van der Waals surface area contributed by atoms with Crippen LogP contribution in [0.4, 0.5) is 5.69 Å². The van der Waals surface area contributed by atoms with Crippen molar-refractivity contribution in [3.8, 4) is 5.75 Å². The fourth-order valence-electron chi connectivity index (χ4n) is 4.91. The standard InChI is InChI=1S/C29H33N3O4S/c33-29(30-19-23-13-15-24(16-14-23)20-31-17-7-2-8-18-31)28-21-32(26-11-5-6-12-27(26)36-28)37(34,35)22-25-9-3-1-4-10-25/h1,3-6,9-16,28H,2,7-8,17-22H2,(H,30,33)/t28-/m1/s1. The Bertz CT molecular complexity index is 1310. The van der Waals surface area contributed by atoms with Gasteiger partial charge in [0, 0.05) is 13.1 Å². The van der Waals surface area contributed by atoms with E-state index in [1.54, 1.807) is 36.4 Å². The van der Waals surface area contributed by atoms with Crippen molar-refractivity contribution in [2.75, 3.05) is 23.9 Å². The first-order chi connectivity index (χ1) is 18.0. The molecule has 1 atom stereocenters. The van der Waals surface area contributed by atoms with Gasteiger partial charge in [-0.1, -0.05) is 73.2 Å². The summed E-state index contributed by atoms with van der Waals surface area (Å²) in [4.78, 5) is 15.6. The molecule has 1 N–H and O–H groups in total. The molecule has 3 aromatic carbocycles. The molecule has 0 spiro atoms. The Morgan fingerprint density at radius 1 is 0.838 bits per heavy atom. The highest BCUT2D eigenvalue weighted by molar-refractivity contribution is 7.92. The Labute approximate surface area is 219 Å². The second-order valence-corrected chi connectivity index (χ2v) is 11.6. The molecular formula is C29H33N3O4S. The molecule has 1 amide bonds. The summed E-state index contributed by atoms with van der Waals surface area (Å²) < 4.78 is 34.0. The molecule has 3 aromatic rings. The van der Waals surface area contributed by atoms with Crippen LogP contribution in [0.5, 0.6) is 5.75 Å². The number of carbonyl (C=O) groups excluding carboxylic acids is 1. The van der Waals surface area contributed by atoms with Crippen LogP contribution in [-0.2, 0) is 33.7 Å². The fraction of sp³-hybridized carbons (Fsp3) is 0.345. The van der Waals surface area contributed by atoms with E-state index in [1.807, 2.05) is 30.3 Å². The molecule has 2 aliphatic rings. The lowest BCUT2D eigenvalue weighted by molar-refractivity contribution is -0.127. The van der Waals surface area contributed by atoms with Gasteiger partial charge in [0.05, 0.1) is 18.0 Å². The predicted octanol–water partition coefficient (Wildman–Crippen LogP) is 4.09. The molecule has 5 rings (SSSR count). The van der Waals surface area contributed by atoms with E-state index in [-0.39, 0.29) is 18.2 Å². The van der Waals surface area contributed by atoms with E-state index in [4.69, 9.17) is 4.74 Å². The predicted molar refractivity (Wildman–Crippen MR) is 145 cm³/mol. The van der Waals surface area contributed by atoms with E-state index < -0.39 is 16.1 Å². The maximum atomic E-state index is 13.4. The Morgan fingerprint density at radius 3 is 2.27 bits per heavy atom. The van der Waals surface area contributed by atoms with Crippen molar-refractivity contribution in [3.05, 3.63) is 95.6 Å². The van der Waals surface area contributed by atoms with Crippen molar-refractivity contribution < 1.29 is 17.9 Å². The monoisotopic (exact) mass is 519 g/mol. The summed E-state index contributed by atoms with van der Waals surface area (Å²) in [6, 6.07) is 24.3. The minimum absolute atomic E-state index is 0.0766. The number of hydrogen-bond donors (Lipinski definition) is 1. The number of anilines is 1. The third-order valence-corrected chi connectivity index (χ3v) is 8.61. The maximum Gasteiger partial charge on any atom is 0.263 e. The van der Waals surface area contributed by atoms with Gasteiger partial charge in [0.2, 0.25) is 10.0 Å². The molecule has 1 saturated heterocycles. The van der Waals surface area contributed by atoms with Crippen molar-refractivity contribution in [1.82, 2.24) is 10.2 Å². The summed E-state index contributed by atoms with van der Waals surface area (Å²) in [6.45, 7) is 3.53. The van der Waals surface area contributed by atoms with Gasteiger partial charge in [-0.05, 0) is 54.8 Å². The lowest BCUT2D eigenvalue weighted by Gasteiger charge is -2.34. The second-order valence-electron chi connectivity index (χ2n) is 9.72. The first-order valence-corrected chi connectivity index (χ1v) is 14.5. The zero-order valence-corrected chi connectivity index (χ0v) is 21.7. The lowest BCUT2D eigenvalue weighted by atomic mass is 10.1. The zero-order valence-electron chi connectivity index (χ0n) is 20.9. The number of nitrogens with zero attached hydrogens (tertiary/aromatic N) is 2. The van der Waals surface area contributed by atoms with Crippen LogP contribution in [-0.4, -0.2) is 45.0 Å². The number of amides is 1. The van der Waals surface area contributed by atoms with Crippen LogP contribution in [0, 0.1) is 0 Å². The number of rotatable bonds is 8. The molecule has 37 heavy (non-hydrogen) atoms. The first kappa shape index (κ1) is 25.3. The Kier molecular flexibility index (Phi) is 7.76. The molecule has 0 bridgehead atoms. The van der Waals surface area contributed by atoms with E-state index in [0.29, 0.717) is 23.5 Å². The summed E-state index contributed by atoms with van der Waals surface area (Å²) in [7, 11) is -3.73. The van der Waals surface area contributed by atoms with Crippen molar-refractivity contribution in [2.45, 2.75) is 44.2 Å². The average molecular weight is 520 g/mol. The summed E-state index contributed by atoms with van der Waals surface area (Å²) in [5.41, 5.74) is 3.40. The van der Waals surface area contributed by atoms with Crippen LogP contribution in [0.1, 0.15) is 36.0 Å². The van der Waals surface area contributed by atoms with Gasteiger partial charge in [0.25, 0.3) is 5.91 Å². The van der Waals surface area contributed by atoms with E-state index in [2.05, 4.69) is 22.3 Å². The number of fused-ring (bicyclic) bond motifs is 1. The summed E-state index contributed by atoms with van der Waals surface area (Å²) in [5.74, 6) is -0.111. The van der Waals surface area contributed by atoms with Gasteiger partial charge in [-0.15, -0.1) is 0 Å². The Hall–Kier alpha value is -3.36. The van der Waals surface area contributed by atoms with Gasteiger partial charge in [-0.25, -0.2) is 8.42 Å². The summed E-state index contributed by atoms with van der Waals surface area (Å²) in [5, 5.41) is 2.93. The van der Waals surface area contributed by atoms with Crippen LogP contribution in [0.15, 0.2) is 78.9 Å². The highest BCUT2D eigenvalue weighted by Gasteiger charge is 2.36. The number of nitrogens with one attached hydrogen (secondary N) is 1. The van der Waals surface area contributed by atoms with E-state index in [0.717, 1.165) is 25.2 Å². The average Bonchev–Trinajstić information content (AvgIpc) is 2.93. The number of likely N-dealkylation sites (tertiary alicyclic amines) is 1. The van der Waals surface area contributed by atoms with Crippen LogP contribution in [0.25, 0.3) is 0 Å². The normalized spacial score (nSPS) is 18.1. The quantitative estimate of drug-likeness (QED) is 0.485. The van der Waals surface area contributed by atoms with Crippen molar-refractivity contribution in [1.29, 1.82) is 0 Å². The maximum absolute atomic E-state index is 13.4. The summed E-state index contributed by atoms with van der Waals surface area (Å²) in [6.07, 6.45) is 2.91. The van der Waals surface area contributed by atoms with E-state index in [9.17, 15) is 13.2 Å². The number of carbonyl (C=O) groups is 1. The number of sulfonamides is 1. The molecule has 0 unspecified atom stereocenters. The number of para-hydroxylation sites is 2. The van der Waals surface area contributed by atoms with E-state index in [1.165, 1.54) is 29.1 Å². The highest BCUT2D eigenvalue weighted by Crippen LogP contribution is 2.35. The molecule has 7 nitrogen and oxygen atoms in total. The van der Waals surface area contributed by atoms with Gasteiger partial charge >= 0.3 is 0 Å². The van der Waals surface area contributed by atoms with Gasteiger partial charge in [-0.2, -0.15) is 0 Å². The Balaban J connectivity index is 1.23. The van der Waals surface area contributed by atoms with Crippen molar-refractivity contribution in [2.24, 2.45) is 0 Å². The number of ether oxygens (including phenoxy) is 1. The largest absolute Gasteiger partial charge is 0.476 e. The lowest BCUT2D eigenvalue weighted by Crippen LogP contribution is -2.50. The minimum Gasteiger partial charge on any atom is -0.476 e. The van der Waals surface area contributed by atoms with Crippen LogP contribution < -0.4 is 14.4 Å².